The lowest BCUT2D eigenvalue weighted by atomic mass is 10.2. The Bertz CT molecular complexity index is 412. The summed E-state index contributed by atoms with van der Waals surface area (Å²) in [7, 11) is 3.37. The summed E-state index contributed by atoms with van der Waals surface area (Å²) in [6.45, 7) is 1.75. The molecular formula is C12H17ClFN3O. The van der Waals surface area contributed by atoms with Crippen molar-refractivity contribution < 1.29 is 9.18 Å². The third-order valence-electron chi connectivity index (χ3n) is 2.30. The second-order valence-electron chi connectivity index (χ2n) is 4.05. The molecule has 4 nitrogen and oxygen atoms in total. The summed E-state index contributed by atoms with van der Waals surface area (Å²) in [4.78, 5) is 12.7. The Balaban J connectivity index is 2.22. The minimum absolute atomic E-state index is 0.121. The van der Waals surface area contributed by atoms with E-state index in [0.29, 0.717) is 19.6 Å². The van der Waals surface area contributed by atoms with E-state index in [1.807, 2.05) is 0 Å². The van der Waals surface area contributed by atoms with E-state index in [2.05, 4.69) is 10.6 Å². The van der Waals surface area contributed by atoms with Crippen molar-refractivity contribution >= 4 is 17.6 Å². The monoisotopic (exact) mass is 273 g/mol. The van der Waals surface area contributed by atoms with Crippen LogP contribution in [0.2, 0.25) is 5.02 Å². The Kier molecular flexibility index (Phi) is 5.88. The number of rotatable bonds is 5. The molecule has 0 aliphatic rings. The lowest BCUT2D eigenvalue weighted by Crippen LogP contribution is -2.38. The van der Waals surface area contributed by atoms with Crippen molar-refractivity contribution in [1.29, 1.82) is 0 Å². The summed E-state index contributed by atoms with van der Waals surface area (Å²) in [5, 5.41) is 5.98. The lowest BCUT2D eigenvalue weighted by Gasteiger charge is -2.12. The zero-order valence-corrected chi connectivity index (χ0v) is 11.2. The van der Waals surface area contributed by atoms with Gasteiger partial charge in [0, 0.05) is 33.7 Å². The maximum absolute atomic E-state index is 12.9. The minimum atomic E-state index is -0.418. The van der Waals surface area contributed by atoms with Gasteiger partial charge in [-0.05, 0) is 17.7 Å². The molecular weight excluding hydrogens is 257 g/mol. The van der Waals surface area contributed by atoms with Gasteiger partial charge in [-0.3, -0.25) is 0 Å². The summed E-state index contributed by atoms with van der Waals surface area (Å²) in [5.41, 5.74) is 0.903. The first kappa shape index (κ1) is 14.7. The number of benzene rings is 1. The van der Waals surface area contributed by atoms with Crippen LogP contribution in [-0.4, -0.2) is 38.1 Å². The van der Waals surface area contributed by atoms with Crippen molar-refractivity contribution in [3.05, 3.63) is 34.6 Å². The van der Waals surface area contributed by atoms with Gasteiger partial charge in [-0.15, -0.1) is 0 Å². The zero-order valence-electron chi connectivity index (χ0n) is 10.5. The molecule has 0 aliphatic carbocycles. The summed E-state index contributed by atoms with van der Waals surface area (Å²) in [6, 6.07) is 4.48. The van der Waals surface area contributed by atoms with E-state index in [0.717, 1.165) is 5.56 Å². The van der Waals surface area contributed by atoms with E-state index in [4.69, 9.17) is 11.6 Å². The molecule has 0 heterocycles. The number of halogens is 2. The van der Waals surface area contributed by atoms with Crippen molar-refractivity contribution in [3.63, 3.8) is 0 Å². The fraction of sp³-hybridized carbons (Fsp3) is 0.417. The second kappa shape index (κ2) is 7.18. The summed E-state index contributed by atoms with van der Waals surface area (Å²) in [5.74, 6) is -0.418. The second-order valence-corrected chi connectivity index (χ2v) is 4.46. The van der Waals surface area contributed by atoms with E-state index in [1.54, 1.807) is 26.2 Å². The summed E-state index contributed by atoms with van der Waals surface area (Å²) >= 11 is 5.67. The van der Waals surface area contributed by atoms with E-state index >= 15 is 0 Å². The molecule has 0 saturated carbocycles. The van der Waals surface area contributed by atoms with Gasteiger partial charge in [-0.1, -0.05) is 17.7 Å². The minimum Gasteiger partial charge on any atom is -0.337 e. The predicted molar refractivity (Wildman–Crippen MR) is 70.2 cm³/mol. The Morgan fingerprint density at radius 1 is 1.39 bits per heavy atom. The molecule has 0 radical (unpaired) electrons. The molecule has 0 unspecified atom stereocenters. The van der Waals surface area contributed by atoms with Gasteiger partial charge in [0.15, 0.2) is 0 Å². The highest BCUT2D eigenvalue weighted by atomic mass is 35.5. The number of nitrogens with one attached hydrogen (secondary N) is 2. The molecule has 0 aliphatic heterocycles. The molecule has 6 heteroatoms. The first-order valence-corrected chi connectivity index (χ1v) is 5.98. The highest BCUT2D eigenvalue weighted by Gasteiger charge is 2.02. The standard InChI is InChI=1S/C12H17ClFN3O/c1-17(2)12(18)16-6-5-15-8-9-3-4-11(14)10(13)7-9/h3-4,7,15H,5-6,8H2,1-2H3,(H,16,18). The van der Waals surface area contributed by atoms with Crippen LogP contribution >= 0.6 is 11.6 Å². The van der Waals surface area contributed by atoms with Crippen LogP contribution in [0, 0.1) is 5.82 Å². The Hall–Kier alpha value is -1.33. The summed E-state index contributed by atoms with van der Waals surface area (Å²) < 4.78 is 12.9. The van der Waals surface area contributed by atoms with Gasteiger partial charge >= 0.3 is 6.03 Å². The molecule has 2 amide bonds. The van der Waals surface area contributed by atoms with Crippen molar-refractivity contribution in [1.82, 2.24) is 15.5 Å². The van der Waals surface area contributed by atoms with Gasteiger partial charge in [-0.25, -0.2) is 9.18 Å². The van der Waals surface area contributed by atoms with Gasteiger partial charge in [0.05, 0.1) is 5.02 Å². The van der Waals surface area contributed by atoms with Gasteiger partial charge in [0.1, 0.15) is 5.82 Å². The van der Waals surface area contributed by atoms with E-state index in [-0.39, 0.29) is 11.1 Å². The molecule has 0 atom stereocenters. The van der Waals surface area contributed by atoms with Crippen LogP contribution in [0.25, 0.3) is 0 Å². The normalized spacial score (nSPS) is 10.2. The largest absolute Gasteiger partial charge is 0.337 e. The molecule has 1 aromatic rings. The first-order valence-electron chi connectivity index (χ1n) is 5.60. The Morgan fingerprint density at radius 2 is 2.11 bits per heavy atom. The molecule has 0 aromatic heterocycles. The van der Waals surface area contributed by atoms with Crippen molar-refractivity contribution in [2.45, 2.75) is 6.54 Å². The van der Waals surface area contributed by atoms with E-state index < -0.39 is 5.82 Å². The van der Waals surface area contributed by atoms with Gasteiger partial charge in [-0.2, -0.15) is 0 Å². The third-order valence-corrected chi connectivity index (χ3v) is 2.59. The first-order chi connectivity index (χ1) is 8.50. The number of carbonyl (C=O) groups is 1. The molecule has 0 bridgehead atoms. The quantitative estimate of drug-likeness (QED) is 0.804. The average Bonchev–Trinajstić information content (AvgIpc) is 2.32. The number of urea groups is 1. The molecule has 100 valence electrons. The molecule has 18 heavy (non-hydrogen) atoms. The maximum Gasteiger partial charge on any atom is 0.316 e. The van der Waals surface area contributed by atoms with Gasteiger partial charge < -0.3 is 15.5 Å². The zero-order chi connectivity index (χ0) is 13.5. The Labute approximate surface area is 111 Å². The predicted octanol–water partition coefficient (Wildman–Crippen LogP) is 1.84. The van der Waals surface area contributed by atoms with E-state index in [9.17, 15) is 9.18 Å². The van der Waals surface area contributed by atoms with Crippen LogP contribution in [0.4, 0.5) is 9.18 Å². The Morgan fingerprint density at radius 3 is 2.72 bits per heavy atom. The number of amides is 2. The number of hydrogen-bond donors (Lipinski definition) is 2. The topological polar surface area (TPSA) is 44.4 Å². The SMILES string of the molecule is CN(C)C(=O)NCCNCc1ccc(F)c(Cl)c1. The van der Waals surface area contributed by atoms with Gasteiger partial charge in [0.25, 0.3) is 0 Å². The molecule has 0 saturated heterocycles. The van der Waals surface area contributed by atoms with Crippen LogP contribution in [0.1, 0.15) is 5.56 Å². The molecule has 0 fully saturated rings. The van der Waals surface area contributed by atoms with Crippen LogP contribution in [0.5, 0.6) is 0 Å². The van der Waals surface area contributed by atoms with Crippen molar-refractivity contribution in [2.24, 2.45) is 0 Å². The molecule has 0 spiro atoms. The summed E-state index contributed by atoms with van der Waals surface area (Å²) in [6.07, 6.45) is 0. The average molecular weight is 274 g/mol. The van der Waals surface area contributed by atoms with Gasteiger partial charge in [0.2, 0.25) is 0 Å². The van der Waals surface area contributed by atoms with Crippen LogP contribution in [0.15, 0.2) is 18.2 Å². The number of nitrogens with zero attached hydrogens (tertiary/aromatic N) is 1. The lowest BCUT2D eigenvalue weighted by molar-refractivity contribution is 0.217. The maximum atomic E-state index is 12.9. The number of hydrogen-bond acceptors (Lipinski definition) is 2. The van der Waals surface area contributed by atoms with Crippen LogP contribution in [0.3, 0.4) is 0 Å². The highest BCUT2D eigenvalue weighted by molar-refractivity contribution is 6.30. The molecule has 2 N–H and O–H groups in total. The molecule has 1 aromatic carbocycles. The van der Waals surface area contributed by atoms with Crippen molar-refractivity contribution in [2.75, 3.05) is 27.2 Å². The third kappa shape index (κ3) is 4.89. The highest BCUT2D eigenvalue weighted by Crippen LogP contribution is 2.15. The fourth-order valence-corrected chi connectivity index (χ4v) is 1.50. The van der Waals surface area contributed by atoms with E-state index in [1.165, 1.54) is 11.0 Å². The number of carbonyl (C=O) groups excluding carboxylic acids is 1. The van der Waals surface area contributed by atoms with Crippen molar-refractivity contribution in [3.8, 4) is 0 Å². The smallest absolute Gasteiger partial charge is 0.316 e. The fourth-order valence-electron chi connectivity index (χ4n) is 1.30. The molecule has 1 rings (SSSR count). The van der Waals surface area contributed by atoms with Crippen LogP contribution < -0.4 is 10.6 Å². The van der Waals surface area contributed by atoms with Crippen LogP contribution in [-0.2, 0) is 6.54 Å².